The van der Waals surface area contributed by atoms with Crippen molar-refractivity contribution in [1.29, 1.82) is 0 Å². The quantitative estimate of drug-likeness (QED) is 0.911. The number of rotatable bonds is 4. The number of ether oxygens (including phenoxy) is 1. The Hall–Kier alpha value is -1.23. The highest BCUT2D eigenvalue weighted by atomic mass is 19.4. The minimum Gasteiger partial charge on any atom is -0.406 e. The molecule has 5 heteroatoms. The zero-order chi connectivity index (χ0) is 14.2. The molecule has 1 aromatic carbocycles. The predicted molar refractivity (Wildman–Crippen MR) is 69.5 cm³/mol. The molecule has 1 aliphatic carbocycles. The van der Waals surface area contributed by atoms with Gasteiger partial charge in [-0.15, -0.1) is 13.2 Å². The Morgan fingerprint density at radius 2 is 1.90 bits per heavy atom. The van der Waals surface area contributed by atoms with Gasteiger partial charge in [0.05, 0.1) is 0 Å². The Labute approximate surface area is 116 Å². The van der Waals surface area contributed by atoms with Gasteiger partial charge in [0.25, 0.3) is 0 Å². The van der Waals surface area contributed by atoms with Crippen LogP contribution in [0.25, 0.3) is 0 Å². The number of alkyl halides is 3. The molecule has 1 aliphatic heterocycles. The lowest BCUT2D eigenvalue weighted by atomic mass is 9.84. The predicted octanol–water partition coefficient (Wildman–Crippen LogP) is 3.66. The molecule has 0 amide bonds. The molecule has 2 fully saturated rings. The first kappa shape index (κ1) is 13.7. The molecule has 2 aliphatic rings. The zero-order valence-electron chi connectivity index (χ0n) is 11.2. The van der Waals surface area contributed by atoms with E-state index in [1.165, 1.54) is 37.8 Å². The molecule has 1 atom stereocenters. The van der Waals surface area contributed by atoms with Gasteiger partial charge in [-0.05, 0) is 62.3 Å². The number of hydrogen-bond acceptors (Lipinski definition) is 2. The summed E-state index contributed by atoms with van der Waals surface area (Å²) >= 11 is 0. The Bertz CT molecular complexity index is 459. The molecule has 0 spiro atoms. The second-order valence-corrected chi connectivity index (χ2v) is 5.83. The Morgan fingerprint density at radius 1 is 1.20 bits per heavy atom. The van der Waals surface area contributed by atoms with Crippen molar-refractivity contribution in [2.24, 2.45) is 5.92 Å². The number of hydrogen-bond donors (Lipinski definition) is 1. The van der Waals surface area contributed by atoms with Gasteiger partial charge in [-0.25, -0.2) is 0 Å². The van der Waals surface area contributed by atoms with Crippen LogP contribution >= 0.6 is 0 Å². The smallest absolute Gasteiger partial charge is 0.406 e. The maximum Gasteiger partial charge on any atom is 0.573 e. The maximum absolute atomic E-state index is 12.1. The summed E-state index contributed by atoms with van der Waals surface area (Å²) in [6.45, 7) is 1.05. The largest absolute Gasteiger partial charge is 0.573 e. The summed E-state index contributed by atoms with van der Waals surface area (Å²) < 4.78 is 40.2. The topological polar surface area (TPSA) is 21.3 Å². The third-order valence-corrected chi connectivity index (χ3v) is 4.31. The SMILES string of the molecule is FC(F)(F)Oc1ccc(CC2(C3CC3)CCCN2)cc1. The fraction of sp³-hybridized carbons (Fsp3) is 0.600. The normalized spacial score (nSPS) is 26.8. The maximum atomic E-state index is 12.1. The van der Waals surface area contributed by atoms with E-state index in [4.69, 9.17) is 0 Å². The van der Waals surface area contributed by atoms with Crippen LogP contribution in [0.5, 0.6) is 5.75 Å². The van der Waals surface area contributed by atoms with E-state index < -0.39 is 6.36 Å². The second kappa shape index (κ2) is 4.95. The van der Waals surface area contributed by atoms with E-state index in [2.05, 4.69) is 10.1 Å². The molecule has 1 saturated heterocycles. The van der Waals surface area contributed by atoms with Gasteiger partial charge in [0, 0.05) is 5.54 Å². The molecule has 3 rings (SSSR count). The Balaban J connectivity index is 1.68. The molecular weight excluding hydrogens is 267 g/mol. The van der Waals surface area contributed by atoms with Gasteiger partial charge < -0.3 is 10.1 Å². The summed E-state index contributed by atoms with van der Waals surface area (Å²) in [5.74, 6) is 0.581. The van der Waals surface area contributed by atoms with Gasteiger partial charge in [0.15, 0.2) is 0 Å². The van der Waals surface area contributed by atoms with E-state index in [-0.39, 0.29) is 11.3 Å². The highest BCUT2D eigenvalue weighted by Crippen LogP contribution is 2.45. The van der Waals surface area contributed by atoms with Crippen molar-refractivity contribution in [1.82, 2.24) is 5.32 Å². The van der Waals surface area contributed by atoms with E-state index in [0.717, 1.165) is 24.4 Å². The molecule has 1 heterocycles. The Morgan fingerprint density at radius 3 is 2.40 bits per heavy atom. The van der Waals surface area contributed by atoms with E-state index in [1.54, 1.807) is 12.1 Å². The van der Waals surface area contributed by atoms with Crippen LogP contribution in [0.4, 0.5) is 13.2 Å². The highest BCUT2D eigenvalue weighted by Gasteiger charge is 2.46. The number of halogens is 3. The number of benzene rings is 1. The van der Waals surface area contributed by atoms with Crippen LogP contribution in [0.1, 0.15) is 31.2 Å². The summed E-state index contributed by atoms with van der Waals surface area (Å²) in [4.78, 5) is 0. The van der Waals surface area contributed by atoms with Crippen LogP contribution in [-0.2, 0) is 6.42 Å². The molecule has 2 nitrogen and oxygen atoms in total. The van der Waals surface area contributed by atoms with Crippen molar-refractivity contribution >= 4 is 0 Å². The van der Waals surface area contributed by atoms with Gasteiger partial charge >= 0.3 is 6.36 Å². The Kier molecular flexibility index (Phi) is 3.40. The van der Waals surface area contributed by atoms with Gasteiger partial charge in [0.1, 0.15) is 5.75 Å². The van der Waals surface area contributed by atoms with Crippen LogP contribution in [0, 0.1) is 5.92 Å². The molecule has 1 saturated carbocycles. The van der Waals surface area contributed by atoms with Gasteiger partial charge in [-0.3, -0.25) is 0 Å². The molecule has 1 unspecified atom stereocenters. The standard InChI is InChI=1S/C15H18F3NO/c16-15(17,18)20-13-6-2-11(3-7-13)10-14(12-4-5-12)8-1-9-19-14/h2-3,6-7,12,19H,1,4-5,8-10H2. The summed E-state index contributed by atoms with van der Waals surface area (Å²) in [5.41, 5.74) is 1.24. The average molecular weight is 285 g/mol. The zero-order valence-corrected chi connectivity index (χ0v) is 11.2. The lowest BCUT2D eigenvalue weighted by Gasteiger charge is -2.30. The highest BCUT2D eigenvalue weighted by molar-refractivity contribution is 5.29. The number of nitrogens with one attached hydrogen (secondary N) is 1. The molecule has 1 aromatic rings. The molecule has 1 N–H and O–H groups in total. The fourth-order valence-electron chi connectivity index (χ4n) is 3.28. The summed E-state index contributed by atoms with van der Waals surface area (Å²) in [6, 6.07) is 6.28. The van der Waals surface area contributed by atoms with E-state index in [0.29, 0.717) is 0 Å². The third-order valence-electron chi connectivity index (χ3n) is 4.31. The van der Waals surface area contributed by atoms with Crippen molar-refractivity contribution in [3.63, 3.8) is 0 Å². The minimum absolute atomic E-state index is 0.152. The lowest BCUT2D eigenvalue weighted by molar-refractivity contribution is -0.274. The van der Waals surface area contributed by atoms with E-state index >= 15 is 0 Å². The molecule has 110 valence electrons. The van der Waals surface area contributed by atoms with Gasteiger partial charge in [0.2, 0.25) is 0 Å². The van der Waals surface area contributed by atoms with E-state index in [9.17, 15) is 13.2 Å². The van der Waals surface area contributed by atoms with Crippen molar-refractivity contribution in [2.45, 2.75) is 44.0 Å². The second-order valence-electron chi connectivity index (χ2n) is 5.83. The monoisotopic (exact) mass is 285 g/mol. The van der Waals surface area contributed by atoms with Crippen LogP contribution in [0.2, 0.25) is 0 Å². The van der Waals surface area contributed by atoms with Crippen molar-refractivity contribution in [3.05, 3.63) is 29.8 Å². The van der Waals surface area contributed by atoms with Gasteiger partial charge in [-0.1, -0.05) is 12.1 Å². The first-order chi connectivity index (χ1) is 9.47. The van der Waals surface area contributed by atoms with Crippen molar-refractivity contribution in [2.75, 3.05) is 6.54 Å². The van der Waals surface area contributed by atoms with Crippen LogP contribution < -0.4 is 10.1 Å². The lowest BCUT2D eigenvalue weighted by Crippen LogP contribution is -2.44. The van der Waals surface area contributed by atoms with Crippen molar-refractivity contribution in [3.8, 4) is 5.75 Å². The fourth-order valence-corrected chi connectivity index (χ4v) is 3.28. The molecule has 20 heavy (non-hydrogen) atoms. The third kappa shape index (κ3) is 3.08. The minimum atomic E-state index is -4.62. The molecular formula is C15H18F3NO. The van der Waals surface area contributed by atoms with Crippen LogP contribution in [0.15, 0.2) is 24.3 Å². The van der Waals surface area contributed by atoms with Crippen LogP contribution in [0.3, 0.4) is 0 Å². The summed E-state index contributed by atoms with van der Waals surface area (Å²) in [6.07, 6.45) is 1.16. The summed E-state index contributed by atoms with van der Waals surface area (Å²) in [5, 5.41) is 3.62. The van der Waals surface area contributed by atoms with Gasteiger partial charge in [-0.2, -0.15) is 0 Å². The molecule has 0 aromatic heterocycles. The first-order valence-electron chi connectivity index (χ1n) is 7.07. The van der Waals surface area contributed by atoms with Crippen molar-refractivity contribution < 1.29 is 17.9 Å². The van der Waals surface area contributed by atoms with E-state index in [1.807, 2.05) is 0 Å². The average Bonchev–Trinajstić information content (AvgIpc) is 3.13. The van der Waals surface area contributed by atoms with Crippen LogP contribution in [-0.4, -0.2) is 18.4 Å². The molecule has 0 bridgehead atoms. The molecule has 0 radical (unpaired) electrons. The first-order valence-corrected chi connectivity index (χ1v) is 7.07. The summed E-state index contributed by atoms with van der Waals surface area (Å²) in [7, 11) is 0.